The molecular formula is C5H10BO2. The van der Waals surface area contributed by atoms with Gasteiger partial charge in [0.25, 0.3) is 0 Å². The first kappa shape index (κ1) is 6.11. The van der Waals surface area contributed by atoms with Gasteiger partial charge in [0.1, 0.15) is 0 Å². The van der Waals surface area contributed by atoms with Gasteiger partial charge >= 0.3 is 0 Å². The Morgan fingerprint density at radius 1 is 1.88 bits per heavy atom. The van der Waals surface area contributed by atoms with Crippen molar-refractivity contribution in [3.8, 4) is 0 Å². The second-order valence-corrected chi connectivity index (χ2v) is 2.01. The molecule has 0 aromatic carbocycles. The summed E-state index contributed by atoms with van der Waals surface area (Å²) in [5, 5.41) is 0. The van der Waals surface area contributed by atoms with Crippen LogP contribution < -0.4 is 0 Å². The lowest BCUT2D eigenvalue weighted by atomic mass is 9.69. The van der Waals surface area contributed by atoms with Crippen LogP contribution in [0.1, 0.15) is 6.92 Å². The molecule has 0 amide bonds. The molecule has 2 unspecified atom stereocenters. The quantitative estimate of drug-likeness (QED) is 0.380. The Morgan fingerprint density at radius 2 is 2.50 bits per heavy atom. The molecule has 1 fully saturated rings. The standard InChI is InChI=1S/C5H10BO2/c1-4(7-2)6-5-3-8-5/h4-5H,3H2,1-2H3. The van der Waals surface area contributed by atoms with Crippen molar-refractivity contribution in [1.82, 2.24) is 0 Å². The average molecular weight is 113 g/mol. The van der Waals surface area contributed by atoms with Crippen molar-refractivity contribution in [3.63, 3.8) is 0 Å². The van der Waals surface area contributed by atoms with Crippen molar-refractivity contribution < 1.29 is 9.47 Å². The second-order valence-electron chi connectivity index (χ2n) is 2.01. The van der Waals surface area contributed by atoms with Crippen LogP contribution in [0.5, 0.6) is 0 Å². The molecule has 2 atom stereocenters. The third kappa shape index (κ3) is 1.84. The van der Waals surface area contributed by atoms with Gasteiger partial charge in [-0.1, -0.05) is 0 Å². The van der Waals surface area contributed by atoms with Crippen LogP contribution in [-0.2, 0) is 9.47 Å². The van der Waals surface area contributed by atoms with Crippen LogP contribution in [0.2, 0.25) is 0 Å². The van der Waals surface area contributed by atoms with Gasteiger partial charge in [-0.2, -0.15) is 0 Å². The number of methoxy groups -OCH3 is 1. The van der Waals surface area contributed by atoms with Gasteiger partial charge in [0.05, 0.1) is 12.6 Å². The molecule has 1 aliphatic rings. The Kier molecular flexibility index (Phi) is 1.92. The number of hydrogen-bond donors (Lipinski definition) is 0. The maximum absolute atomic E-state index is 4.97. The summed E-state index contributed by atoms with van der Waals surface area (Å²) in [6.07, 6.45) is 0. The normalized spacial score (nSPS) is 29.5. The molecule has 45 valence electrons. The first-order valence-corrected chi connectivity index (χ1v) is 2.82. The zero-order chi connectivity index (χ0) is 5.98. The molecule has 2 nitrogen and oxygen atoms in total. The summed E-state index contributed by atoms with van der Waals surface area (Å²) in [4.78, 5) is 0. The summed E-state index contributed by atoms with van der Waals surface area (Å²) in [6, 6.07) is 0.618. The fraction of sp³-hybridized carbons (Fsp3) is 1.00. The zero-order valence-corrected chi connectivity index (χ0v) is 5.26. The van der Waals surface area contributed by atoms with Gasteiger partial charge < -0.3 is 9.47 Å². The van der Waals surface area contributed by atoms with E-state index in [9.17, 15) is 0 Å². The van der Waals surface area contributed by atoms with Gasteiger partial charge in [-0.25, -0.2) is 0 Å². The molecule has 1 saturated heterocycles. The van der Waals surface area contributed by atoms with Crippen molar-refractivity contribution in [2.75, 3.05) is 13.7 Å². The highest BCUT2D eigenvalue weighted by Crippen LogP contribution is 2.08. The summed E-state index contributed by atoms with van der Waals surface area (Å²) in [7, 11) is 3.75. The topological polar surface area (TPSA) is 21.8 Å². The minimum atomic E-state index is 0.238. The molecule has 1 radical (unpaired) electrons. The summed E-state index contributed by atoms with van der Waals surface area (Å²) in [5.41, 5.74) is 0. The predicted molar refractivity (Wildman–Crippen MR) is 32.0 cm³/mol. The molecule has 1 aliphatic heterocycles. The van der Waals surface area contributed by atoms with Gasteiger partial charge in [-0.05, 0) is 6.92 Å². The van der Waals surface area contributed by atoms with Crippen molar-refractivity contribution in [1.29, 1.82) is 0 Å². The molecule has 3 heteroatoms. The van der Waals surface area contributed by atoms with Crippen molar-refractivity contribution in [2.24, 2.45) is 0 Å². The predicted octanol–water partition coefficient (Wildman–Crippen LogP) is 0.0393. The Hall–Kier alpha value is -0.0151. The largest absolute Gasteiger partial charge is 0.391 e. The summed E-state index contributed by atoms with van der Waals surface area (Å²) in [6.45, 7) is 2.88. The van der Waals surface area contributed by atoms with Crippen LogP contribution in [0.25, 0.3) is 0 Å². The molecule has 0 saturated carbocycles. The molecule has 1 heterocycles. The maximum Gasteiger partial charge on any atom is 0.190 e. The van der Waals surface area contributed by atoms with E-state index in [0.29, 0.717) is 6.00 Å². The van der Waals surface area contributed by atoms with Crippen LogP contribution >= 0.6 is 0 Å². The van der Waals surface area contributed by atoms with E-state index in [2.05, 4.69) is 7.28 Å². The Morgan fingerprint density at radius 3 is 2.88 bits per heavy atom. The van der Waals surface area contributed by atoms with Crippen LogP contribution in [0.15, 0.2) is 0 Å². The molecule has 1 rings (SSSR count). The average Bonchev–Trinajstić information content (AvgIpc) is 2.50. The minimum Gasteiger partial charge on any atom is -0.391 e. The SMILES string of the molecule is COC(C)[B]C1CO1. The van der Waals surface area contributed by atoms with E-state index in [1.165, 1.54) is 0 Å². The van der Waals surface area contributed by atoms with Crippen LogP contribution in [0.3, 0.4) is 0 Å². The van der Waals surface area contributed by atoms with Gasteiger partial charge in [0.2, 0.25) is 0 Å². The minimum absolute atomic E-state index is 0.238. The van der Waals surface area contributed by atoms with Gasteiger partial charge in [0, 0.05) is 13.1 Å². The molecule has 0 aliphatic carbocycles. The van der Waals surface area contributed by atoms with E-state index < -0.39 is 0 Å². The van der Waals surface area contributed by atoms with E-state index >= 15 is 0 Å². The Balaban J connectivity index is 1.98. The number of ether oxygens (including phenoxy) is 2. The first-order chi connectivity index (χ1) is 3.83. The van der Waals surface area contributed by atoms with E-state index in [1.807, 2.05) is 6.92 Å². The molecule has 0 bridgehead atoms. The summed E-state index contributed by atoms with van der Waals surface area (Å²) >= 11 is 0. The molecular weight excluding hydrogens is 103 g/mol. The van der Waals surface area contributed by atoms with E-state index in [4.69, 9.17) is 9.47 Å². The first-order valence-electron chi connectivity index (χ1n) is 2.82. The molecule has 8 heavy (non-hydrogen) atoms. The van der Waals surface area contributed by atoms with E-state index in [-0.39, 0.29) is 6.00 Å². The monoisotopic (exact) mass is 113 g/mol. The molecule has 0 spiro atoms. The third-order valence-electron chi connectivity index (χ3n) is 1.22. The number of rotatable bonds is 3. The van der Waals surface area contributed by atoms with Gasteiger partial charge in [0.15, 0.2) is 7.28 Å². The zero-order valence-electron chi connectivity index (χ0n) is 5.26. The van der Waals surface area contributed by atoms with Gasteiger partial charge in [-0.15, -0.1) is 0 Å². The maximum atomic E-state index is 4.97. The third-order valence-corrected chi connectivity index (χ3v) is 1.22. The Bertz CT molecular complexity index is 72.8. The van der Waals surface area contributed by atoms with Crippen molar-refractivity contribution in [2.45, 2.75) is 18.9 Å². The smallest absolute Gasteiger partial charge is 0.190 e. The Labute approximate surface area is 50.4 Å². The second kappa shape index (κ2) is 2.51. The van der Waals surface area contributed by atoms with Crippen LogP contribution in [0.4, 0.5) is 0 Å². The summed E-state index contributed by atoms with van der Waals surface area (Å²) < 4.78 is 9.91. The summed E-state index contributed by atoms with van der Waals surface area (Å²) in [5.74, 6) is 0. The highest BCUT2D eigenvalue weighted by atomic mass is 16.6. The number of epoxide rings is 1. The van der Waals surface area contributed by atoms with E-state index in [0.717, 1.165) is 6.61 Å². The lowest BCUT2D eigenvalue weighted by Crippen LogP contribution is -2.19. The van der Waals surface area contributed by atoms with Crippen LogP contribution in [0, 0.1) is 0 Å². The van der Waals surface area contributed by atoms with Crippen LogP contribution in [-0.4, -0.2) is 33.0 Å². The molecule has 0 aromatic heterocycles. The van der Waals surface area contributed by atoms with Crippen molar-refractivity contribution >= 4 is 7.28 Å². The lowest BCUT2D eigenvalue weighted by Gasteiger charge is -2.02. The number of hydrogen-bond acceptors (Lipinski definition) is 2. The van der Waals surface area contributed by atoms with Gasteiger partial charge in [-0.3, -0.25) is 0 Å². The highest BCUT2D eigenvalue weighted by molar-refractivity contribution is 6.39. The van der Waals surface area contributed by atoms with Crippen molar-refractivity contribution in [3.05, 3.63) is 0 Å². The fourth-order valence-corrected chi connectivity index (χ4v) is 0.548. The van der Waals surface area contributed by atoms with E-state index in [1.54, 1.807) is 7.11 Å². The molecule has 0 aromatic rings. The highest BCUT2D eigenvalue weighted by Gasteiger charge is 2.25. The lowest BCUT2D eigenvalue weighted by molar-refractivity contribution is 0.177. The fourth-order valence-electron chi connectivity index (χ4n) is 0.548. The molecule has 0 N–H and O–H groups in total.